The number of para-hydroxylation sites is 1. The molecular weight excluding hydrogens is 745 g/mol. The molecule has 0 bridgehead atoms. The SMILES string of the molecule is COc1cccc(OC)c1C1N(c2c(F)cccc2F)CC2c3cc4c5c6c(cc7cc8c9c%10c%11c%12c%13c%14c%15c(c%16c3c5c(c%16%13)c3c6c7c9c%123)C21CC%15C=C(C=C%10C8)C%14%11)C4. The molecule has 11 aromatic carbocycles. The Kier molecular flexibility index (Phi) is 3.94. The lowest BCUT2D eigenvalue weighted by Gasteiger charge is -2.43. The molecule has 60 heavy (non-hydrogen) atoms. The predicted octanol–water partition coefficient (Wildman–Crippen LogP) is 12.7. The molecule has 3 nitrogen and oxygen atoms in total. The van der Waals surface area contributed by atoms with E-state index in [2.05, 4.69) is 35.3 Å². The van der Waals surface area contributed by atoms with Gasteiger partial charge < -0.3 is 14.4 Å². The van der Waals surface area contributed by atoms with Gasteiger partial charge in [-0.3, -0.25) is 0 Å². The smallest absolute Gasteiger partial charge is 0.149 e. The molecule has 5 heteroatoms. The van der Waals surface area contributed by atoms with Crippen molar-refractivity contribution in [2.24, 2.45) is 0 Å². The molecule has 280 valence electrons. The molecule has 8 aliphatic rings. The van der Waals surface area contributed by atoms with Crippen LogP contribution in [0.15, 0.2) is 72.3 Å². The summed E-state index contributed by atoms with van der Waals surface area (Å²) in [5, 5.41) is 23.8. The number of halogens is 2. The van der Waals surface area contributed by atoms with E-state index >= 15 is 8.78 Å². The van der Waals surface area contributed by atoms with Crippen LogP contribution in [0.1, 0.15) is 85.9 Å². The van der Waals surface area contributed by atoms with Crippen molar-refractivity contribution in [1.82, 2.24) is 0 Å². The number of methoxy groups -OCH3 is 2. The number of rotatable bonds is 4. The maximum atomic E-state index is 16.7. The molecule has 7 aliphatic carbocycles. The maximum absolute atomic E-state index is 16.7. The Hall–Kier alpha value is -6.46. The number of anilines is 1. The lowest BCUT2D eigenvalue weighted by atomic mass is 9.60. The van der Waals surface area contributed by atoms with E-state index in [1.54, 1.807) is 30.7 Å². The van der Waals surface area contributed by atoms with Gasteiger partial charge in [0.1, 0.15) is 28.8 Å². The number of benzene rings is 9. The molecule has 19 rings (SSSR count). The van der Waals surface area contributed by atoms with Gasteiger partial charge in [-0.25, -0.2) is 8.78 Å². The molecule has 1 saturated heterocycles. The maximum Gasteiger partial charge on any atom is 0.149 e. The van der Waals surface area contributed by atoms with Gasteiger partial charge in [-0.2, -0.15) is 0 Å². The number of fused-ring (bicyclic) bond motifs is 1. The van der Waals surface area contributed by atoms with Crippen LogP contribution in [-0.4, -0.2) is 20.8 Å². The van der Waals surface area contributed by atoms with Gasteiger partial charge in [-0.05, 0) is 191 Å². The van der Waals surface area contributed by atoms with Gasteiger partial charge in [-0.15, -0.1) is 0 Å². The van der Waals surface area contributed by atoms with E-state index in [1.165, 1.54) is 149 Å². The topological polar surface area (TPSA) is 21.7 Å². The zero-order chi connectivity index (χ0) is 38.5. The average Bonchev–Trinajstić information content (AvgIpc) is 4.11. The van der Waals surface area contributed by atoms with Gasteiger partial charge in [-0.1, -0.05) is 42.5 Å². The normalized spacial score (nSPS) is 25.3. The fourth-order valence-electron chi connectivity index (χ4n) is 17.0. The highest BCUT2D eigenvalue weighted by atomic mass is 19.1. The molecule has 1 aliphatic heterocycles. The van der Waals surface area contributed by atoms with Gasteiger partial charge in [0.25, 0.3) is 0 Å². The summed E-state index contributed by atoms with van der Waals surface area (Å²) in [6.45, 7) is 0.475. The van der Waals surface area contributed by atoms with E-state index in [0.29, 0.717) is 18.0 Å². The van der Waals surface area contributed by atoms with Crippen molar-refractivity contribution in [1.29, 1.82) is 0 Å². The first-order valence-electron chi connectivity index (χ1n) is 21.7. The molecule has 0 amide bonds. The van der Waals surface area contributed by atoms with Crippen LogP contribution in [0.2, 0.25) is 0 Å². The Morgan fingerprint density at radius 2 is 1.28 bits per heavy atom. The molecule has 1 fully saturated rings. The number of hydrogen-bond acceptors (Lipinski definition) is 3. The van der Waals surface area contributed by atoms with Crippen LogP contribution in [0, 0.1) is 11.6 Å². The molecular formula is C55H29F2NO2. The first-order chi connectivity index (χ1) is 29.5. The standard InChI is InChI=1S/C55H29F2NO2/c1-59-29-7-4-8-30(60-2)39(29)54-55-16-24-14-22-12-19-9-18-10-21-11-20-13-23-15-25(26(55)17-58(54)53-27(56)5-3-6-28(53)57)38-44-34(23)33(20)41-35(21)40-31(18)32(19)42-36(22)43-37(24)52(55)51(38)50-48(43)46(42)45(40)47(41)49(44)50/h3-8,10-12,14-15,24,26,36,54H,9,13,16-17H2,1-2H3. The first kappa shape index (κ1) is 28.9. The molecule has 0 radical (unpaired) electrons. The number of hydrogen-bond donors (Lipinski definition) is 0. The van der Waals surface area contributed by atoms with Crippen molar-refractivity contribution < 1.29 is 18.3 Å². The van der Waals surface area contributed by atoms with Crippen LogP contribution in [0.25, 0.3) is 91.8 Å². The third-order valence-corrected chi connectivity index (χ3v) is 18.2. The Labute approximate surface area is 339 Å². The van der Waals surface area contributed by atoms with E-state index < -0.39 is 23.1 Å². The van der Waals surface area contributed by atoms with E-state index in [0.717, 1.165) is 24.8 Å². The highest BCUT2D eigenvalue weighted by Crippen LogP contribution is 2.78. The van der Waals surface area contributed by atoms with E-state index in [1.807, 2.05) is 18.2 Å². The van der Waals surface area contributed by atoms with Crippen LogP contribution >= 0.6 is 0 Å². The summed E-state index contributed by atoms with van der Waals surface area (Å²) in [4.78, 5) is 2.11. The second-order valence-corrected chi connectivity index (χ2v) is 19.8. The van der Waals surface area contributed by atoms with Crippen LogP contribution in [0.4, 0.5) is 14.5 Å². The molecule has 11 aromatic rings. The van der Waals surface area contributed by atoms with E-state index in [9.17, 15) is 0 Å². The van der Waals surface area contributed by atoms with Crippen molar-refractivity contribution in [3.8, 4) is 11.5 Å². The summed E-state index contributed by atoms with van der Waals surface area (Å²) in [6.07, 6.45) is 7.99. The summed E-state index contributed by atoms with van der Waals surface area (Å²) < 4.78 is 45.9. The van der Waals surface area contributed by atoms with Gasteiger partial charge in [0.2, 0.25) is 0 Å². The highest BCUT2D eigenvalue weighted by molar-refractivity contribution is 6.59. The Morgan fingerprint density at radius 3 is 2.07 bits per heavy atom. The van der Waals surface area contributed by atoms with Crippen molar-refractivity contribution in [2.45, 2.75) is 48.5 Å². The van der Waals surface area contributed by atoms with Gasteiger partial charge >= 0.3 is 0 Å². The summed E-state index contributed by atoms with van der Waals surface area (Å²) in [5.74, 6) is 0.628. The van der Waals surface area contributed by atoms with Crippen LogP contribution in [0.3, 0.4) is 0 Å². The Balaban J connectivity index is 1.11. The predicted molar refractivity (Wildman–Crippen MR) is 235 cm³/mol. The number of allylic oxidation sites excluding steroid dienone is 4. The fraction of sp³-hybridized carbons (Fsp3) is 0.200. The van der Waals surface area contributed by atoms with Crippen molar-refractivity contribution in [3.05, 3.63) is 140 Å². The molecule has 5 unspecified atom stereocenters. The monoisotopic (exact) mass is 773 g/mol. The second kappa shape index (κ2) is 8.19. The molecule has 1 heterocycles. The van der Waals surface area contributed by atoms with Gasteiger partial charge in [0.15, 0.2) is 0 Å². The first-order valence-corrected chi connectivity index (χ1v) is 21.7. The lowest BCUT2D eigenvalue weighted by Crippen LogP contribution is -2.38. The minimum Gasteiger partial charge on any atom is -0.496 e. The summed E-state index contributed by atoms with van der Waals surface area (Å²) in [6, 6.07) is 17.5. The molecule has 0 saturated carbocycles. The summed E-state index contributed by atoms with van der Waals surface area (Å²) >= 11 is 0. The minimum atomic E-state index is -0.546. The van der Waals surface area contributed by atoms with Crippen LogP contribution in [-0.2, 0) is 18.3 Å². The third-order valence-electron chi connectivity index (χ3n) is 18.2. The number of ether oxygens (including phenoxy) is 2. The highest BCUT2D eigenvalue weighted by Gasteiger charge is 2.66. The second-order valence-electron chi connectivity index (χ2n) is 19.8. The third kappa shape index (κ3) is 2.35. The summed E-state index contributed by atoms with van der Waals surface area (Å²) in [7, 11) is 3.43. The zero-order valence-electron chi connectivity index (χ0n) is 32.5. The zero-order valence-corrected chi connectivity index (χ0v) is 32.5. The number of nitrogens with zero attached hydrogens (tertiary/aromatic N) is 1. The molecule has 0 aromatic heterocycles. The van der Waals surface area contributed by atoms with E-state index in [-0.39, 0.29) is 23.4 Å². The van der Waals surface area contributed by atoms with Crippen molar-refractivity contribution in [2.75, 3.05) is 25.7 Å². The van der Waals surface area contributed by atoms with Crippen molar-refractivity contribution in [3.63, 3.8) is 0 Å². The van der Waals surface area contributed by atoms with Gasteiger partial charge in [0.05, 0.1) is 25.8 Å². The molecule has 1 spiro atoms. The van der Waals surface area contributed by atoms with Crippen LogP contribution in [0.5, 0.6) is 11.5 Å². The average molecular weight is 774 g/mol. The lowest BCUT2D eigenvalue weighted by molar-refractivity contribution is 0.318. The van der Waals surface area contributed by atoms with Crippen LogP contribution < -0.4 is 14.4 Å². The Morgan fingerprint density at radius 1 is 0.633 bits per heavy atom. The fourth-order valence-corrected chi connectivity index (χ4v) is 17.0. The quantitative estimate of drug-likeness (QED) is 0.166. The largest absolute Gasteiger partial charge is 0.496 e. The van der Waals surface area contributed by atoms with E-state index in [4.69, 9.17) is 9.47 Å². The Bertz CT molecular complexity index is 4110. The van der Waals surface area contributed by atoms with Gasteiger partial charge in [0, 0.05) is 29.7 Å². The molecule has 5 atom stereocenters. The van der Waals surface area contributed by atoms with Crippen molar-refractivity contribution >= 4 is 97.4 Å². The minimum absolute atomic E-state index is 0.0403. The summed E-state index contributed by atoms with van der Waals surface area (Å²) in [5.41, 5.74) is 16.7. The molecule has 0 N–H and O–H groups in total.